The van der Waals surface area contributed by atoms with E-state index in [1.807, 2.05) is 13.8 Å². The van der Waals surface area contributed by atoms with Gasteiger partial charge in [0.05, 0.1) is 19.1 Å². The second kappa shape index (κ2) is 7.05. The number of amides is 1. The lowest BCUT2D eigenvalue weighted by Gasteiger charge is -2.17. The third-order valence-electron chi connectivity index (χ3n) is 1.76. The van der Waals surface area contributed by atoms with Gasteiger partial charge in [0.15, 0.2) is 0 Å². The predicted molar refractivity (Wildman–Crippen MR) is 56.8 cm³/mol. The summed E-state index contributed by atoms with van der Waals surface area (Å²) in [6.07, 6.45) is 0.0758. The zero-order chi connectivity index (χ0) is 11.8. The second-order valence-corrected chi connectivity index (χ2v) is 3.50. The molecule has 0 saturated heterocycles. The van der Waals surface area contributed by atoms with E-state index in [-0.39, 0.29) is 24.3 Å². The number of hydrogen-bond donors (Lipinski definition) is 2. The molecular formula is C9H19N3O3. The molecule has 0 spiro atoms. The zero-order valence-corrected chi connectivity index (χ0v) is 9.43. The summed E-state index contributed by atoms with van der Waals surface area (Å²) in [5, 5.41) is 11.0. The molecule has 0 aliphatic carbocycles. The van der Waals surface area contributed by atoms with E-state index < -0.39 is 0 Å². The maximum atomic E-state index is 11.4. The van der Waals surface area contributed by atoms with Crippen LogP contribution in [0.5, 0.6) is 0 Å². The van der Waals surface area contributed by atoms with E-state index in [0.717, 1.165) is 0 Å². The number of oxime groups is 1. The van der Waals surface area contributed by atoms with E-state index in [1.54, 1.807) is 7.05 Å². The lowest BCUT2D eigenvalue weighted by Crippen LogP contribution is -2.33. The van der Waals surface area contributed by atoms with Crippen molar-refractivity contribution in [2.45, 2.75) is 26.4 Å². The molecule has 0 aliphatic rings. The first kappa shape index (κ1) is 13.7. The van der Waals surface area contributed by atoms with Crippen molar-refractivity contribution >= 4 is 11.7 Å². The van der Waals surface area contributed by atoms with Crippen LogP contribution in [0.25, 0.3) is 0 Å². The number of amidine groups is 1. The summed E-state index contributed by atoms with van der Waals surface area (Å²) in [6, 6.07) is 0. The molecule has 0 rings (SSSR count). The number of carbonyl (C=O) groups excluding carboxylic acids is 1. The number of hydrogen-bond acceptors (Lipinski definition) is 4. The fourth-order valence-corrected chi connectivity index (χ4v) is 0.875. The van der Waals surface area contributed by atoms with Crippen LogP contribution in [0, 0.1) is 0 Å². The lowest BCUT2D eigenvalue weighted by molar-refractivity contribution is -0.129. The molecular weight excluding hydrogens is 198 g/mol. The highest BCUT2D eigenvalue weighted by atomic mass is 16.5. The summed E-state index contributed by atoms with van der Waals surface area (Å²) >= 11 is 0. The van der Waals surface area contributed by atoms with Gasteiger partial charge in [0.2, 0.25) is 5.91 Å². The third kappa shape index (κ3) is 6.73. The molecule has 6 nitrogen and oxygen atoms in total. The molecule has 15 heavy (non-hydrogen) atoms. The average molecular weight is 217 g/mol. The zero-order valence-electron chi connectivity index (χ0n) is 9.43. The van der Waals surface area contributed by atoms with Gasteiger partial charge in [0.25, 0.3) is 0 Å². The highest BCUT2D eigenvalue weighted by Gasteiger charge is 2.10. The van der Waals surface area contributed by atoms with Gasteiger partial charge in [-0.25, -0.2) is 0 Å². The van der Waals surface area contributed by atoms with Gasteiger partial charge in [0.1, 0.15) is 5.84 Å². The van der Waals surface area contributed by atoms with E-state index in [2.05, 4.69) is 5.16 Å². The minimum Gasteiger partial charge on any atom is -0.409 e. The molecule has 0 aliphatic heterocycles. The summed E-state index contributed by atoms with van der Waals surface area (Å²) in [6.45, 7) is 4.84. The smallest absolute Gasteiger partial charge is 0.230 e. The SMILES string of the molecule is CC(C)OCCN(C)C(=O)CC(N)=NO. The van der Waals surface area contributed by atoms with Gasteiger partial charge in [-0.15, -0.1) is 0 Å². The Labute approximate surface area is 89.7 Å². The van der Waals surface area contributed by atoms with Crippen molar-refractivity contribution in [2.75, 3.05) is 20.2 Å². The molecule has 0 bridgehead atoms. The fraction of sp³-hybridized carbons (Fsp3) is 0.778. The van der Waals surface area contributed by atoms with Crippen molar-refractivity contribution in [3.63, 3.8) is 0 Å². The first-order chi connectivity index (χ1) is 6.97. The molecule has 0 aromatic heterocycles. The van der Waals surface area contributed by atoms with E-state index in [1.165, 1.54) is 4.90 Å². The van der Waals surface area contributed by atoms with Gasteiger partial charge in [-0.05, 0) is 13.8 Å². The Morgan fingerprint density at radius 1 is 1.60 bits per heavy atom. The number of rotatable bonds is 6. The Balaban J connectivity index is 3.79. The summed E-state index contributed by atoms with van der Waals surface area (Å²) < 4.78 is 5.29. The van der Waals surface area contributed by atoms with Gasteiger partial charge >= 0.3 is 0 Å². The highest BCUT2D eigenvalue weighted by Crippen LogP contribution is 1.93. The first-order valence-electron chi connectivity index (χ1n) is 4.79. The number of nitrogens with zero attached hydrogens (tertiary/aromatic N) is 2. The Hall–Kier alpha value is -1.30. The fourth-order valence-electron chi connectivity index (χ4n) is 0.875. The van der Waals surface area contributed by atoms with Gasteiger partial charge in [-0.1, -0.05) is 5.16 Å². The Bertz CT molecular complexity index is 229. The maximum Gasteiger partial charge on any atom is 0.230 e. The van der Waals surface area contributed by atoms with Crippen molar-refractivity contribution in [3.05, 3.63) is 0 Å². The Kier molecular flexibility index (Phi) is 6.44. The number of nitrogens with two attached hydrogens (primary N) is 1. The molecule has 6 heteroatoms. The maximum absolute atomic E-state index is 11.4. The number of likely N-dealkylation sites (N-methyl/N-ethyl adjacent to an activating group) is 1. The minimum atomic E-state index is -0.197. The Morgan fingerprint density at radius 3 is 2.67 bits per heavy atom. The van der Waals surface area contributed by atoms with Crippen LogP contribution in [0.1, 0.15) is 20.3 Å². The van der Waals surface area contributed by atoms with Crippen LogP contribution in [0.4, 0.5) is 0 Å². The lowest BCUT2D eigenvalue weighted by atomic mass is 10.3. The first-order valence-corrected chi connectivity index (χ1v) is 4.79. The topological polar surface area (TPSA) is 88.2 Å². The van der Waals surface area contributed by atoms with Crippen LogP contribution in [0.3, 0.4) is 0 Å². The third-order valence-corrected chi connectivity index (χ3v) is 1.76. The van der Waals surface area contributed by atoms with Crippen molar-refractivity contribution in [1.82, 2.24) is 4.90 Å². The van der Waals surface area contributed by atoms with Gasteiger partial charge in [-0.2, -0.15) is 0 Å². The summed E-state index contributed by atoms with van der Waals surface area (Å²) in [5.41, 5.74) is 5.21. The minimum absolute atomic E-state index is 0.0747. The standard InChI is InChI=1S/C9H19N3O3/c1-7(2)15-5-4-12(3)9(13)6-8(10)11-14/h7,14H,4-6H2,1-3H3,(H2,10,11). The number of carbonyl (C=O) groups is 1. The van der Waals surface area contributed by atoms with Crippen LogP contribution < -0.4 is 5.73 Å². The molecule has 0 radical (unpaired) electrons. The molecule has 0 saturated carbocycles. The summed E-state index contributed by atoms with van der Waals surface area (Å²) in [7, 11) is 1.65. The van der Waals surface area contributed by atoms with Crippen molar-refractivity contribution in [2.24, 2.45) is 10.9 Å². The van der Waals surface area contributed by atoms with Crippen LogP contribution in [-0.4, -0.2) is 48.2 Å². The molecule has 0 fully saturated rings. The highest BCUT2D eigenvalue weighted by molar-refractivity contribution is 5.98. The van der Waals surface area contributed by atoms with Crippen molar-refractivity contribution in [3.8, 4) is 0 Å². The van der Waals surface area contributed by atoms with Crippen LogP contribution >= 0.6 is 0 Å². The monoisotopic (exact) mass is 217 g/mol. The van der Waals surface area contributed by atoms with Gasteiger partial charge in [0, 0.05) is 13.6 Å². The van der Waals surface area contributed by atoms with Gasteiger partial charge < -0.3 is 20.6 Å². The molecule has 1 amide bonds. The van der Waals surface area contributed by atoms with Crippen LogP contribution in [0.15, 0.2) is 5.16 Å². The van der Waals surface area contributed by atoms with E-state index in [0.29, 0.717) is 13.2 Å². The quantitative estimate of drug-likeness (QED) is 0.284. The van der Waals surface area contributed by atoms with Gasteiger partial charge in [-0.3, -0.25) is 4.79 Å². The molecule has 0 heterocycles. The Morgan fingerprint density at radius 2 is 2.20 bits per heavy atom. The predicted octanol–water partition coefficient (Wildman–Crippen LogP) is 0.00630. The molecule has 0 aromatic carbocycles. The molecule has 3 N–H and O–H groups in total. The summed E-state index contributed by atoms with van der Waals surface area (Å²) in [4.78, 5) is 12.9. The number of ether oxygens (including phenoxy) is 1. The van der Waals surface area contributed by atoms with E-state index >= 15 is 0 Å². The van der Waals surface area contributed by atoms with E-state index in [4.69, 9.17) is 15.7 Å². The van der Waals surface area contributed by atoms with Crippen LogP contribution in [-0.2, 0) is 9.53 Å². The molecule has 0 atom stereocenters. The molecule has 88 valence electrons. The molecule has 0 aromatic rings. The van der Waals surface area contributed by atoms with Crippen molar-refractivity contribution in [1.29, 1.82) is 0 Å². The largest absolute Gasteiger partial charge is 0.409 e. The van der Waals surface area contributed by atoms with E-state index in [9.17, 15) is 4.79 Å². The van der Waals surface area contributed by atoms with Crippen LogP contribution in [0.2, 0.25) is 0 Å². The van der Waals surface area contributed by atoms with Crippen molar-refractivity contribution < 1.29 is 14.7 Å². The normalized spacial score (nSPS) is 11.9. The molecule has 0 unspecified atom stereocenters. The summed E-state index contributed by atoms with van der Waals surface area (Å²) in [5.74, 6) is -0.283. The average Bonchev–Trinajstić information content (AvgIpc) is 2.16. The second-order valence-electron chi connectivity index (χ2n) is 3.50.